The van der Waals surface area contributed by atoms with Gasteiger partial charge in [-0.25, -0.2) is 4.98 Å². The number of amides is 1. The van der Waals surface area contributed by atoms with E-state index in [1.807, 2.05) is 48.5 Å². The van der Waals surface area contributed by atoms with Crippen LogP contribution in [0.25, 0.3) is 21.2 Å². The van der Waals surface area contributed by atoms with Gasteiger partial charge < -0.3 is 4.74 Å². The van der Waals surface area contributed by atoms with E-state index in [2.05, 4.69) is 24.1 Å². The molecule has 0 fully saturated rings. The highest BCUT2D eigenvalue weighted by molar-refractivity contribution is 7.22. The average molecular weight is 463 g/mol. The lowest BCUT2D eigenvalue weighted by Crippen LogP contribution is -2.26. The highest BCUT2D eigenvalue weighted by Gasteiger charge is 2.34. The van der Waals surface area contributed by atoms with Gasteiger partial charge in [0.2, 0.25) is 0 Å². The summed E-state index contributed by atoms with van der Waals surface area (Å²) in [5.41, 5.74) is 2.48. The van der Waals surface area contributed by atoms with Crippen LogP contribution in [0.1, 0.15) is 45.3 Å². The van der Waals surface area contributed by atoms with Crippen LogP contribution in [0.5, 0.6) is 5.75 Å². The molecule has 2 aromatic heterocycles. The molecule has 0 saturated carbocycles. The van der Waals surface area contributed by atoms with Crippen LogP contribution in [0.2, 0.25) is 0 Å². The third-order valence-electron chi connectivity index (χ3n) is 5.62. The quantitative estimate of drug-likeness (QED) is 0.379. The van der Waals surface area contributed by atoms with E-state index in [1.165, 1.54) is 22.7 Å². The Balaban J connectivity index is 1.54. The van der Waals surface area contributed by atoms with E-state index in [9.17, 15) is 9.59 Å². The standard InChI is InChI=1S/C25H22N2O3S2/c1-25(2)12-17-21(18(28)13-25)32-24(26-17)27-23(29)22-20(14-7-6-8-15(11-14)30-3)16-9-4-5-10-19(16)31-22/h4-11H,12-13H2,1-3H3,(H,26,27,29). The normalized spacial score (nSPS) is 14.9. The number of rotatable bonds is 4. The predicted octanol–water partition coefficient (Wildman–Crippen LogP) is 6.44. The number of methoxy groups -OCH3 is 1. The number of carbonyl (C=O) groups excluding carboxylic acids is 2. The van der Waals surface area contributed by atoms with E-state index < -0.39 is 0 Å². The third kappa shape index (κ3) is 3.72. The second-order valence-corrected chi connectivity index (χ2v) is 10.8. The molecule has 5 rings (SSSR count). The van der Waals surface area contributed by atoms with Crippen LogP contribution < -0.4 is 10.1 Å². The molecule has 1 N–H and O–H groups in total. The Morgan fingerprint density at radius 3 is 2.72 bits per heavy atom. The van der Waals surface area contributed by atoms with Gasteiger partial charge in [-0.3, -0.25) is 14.9 Å². The van der Waals surface area contributed by atoms with Crippen molar-refractivity contribution in [1.82, 2.24) is 4.98 Å². The van der Waals surface area contributed by atoms with Gasteiger partial charge in [0.1, 0.15) is 10.6 Å². The number of fused-ring (bicyclic) bond motifs is 2. The van der Waals surface area contributed by atoms with Crippen molar-refractivity contribution in [2.24, 2.45) is 5.41 Å². The van der Waals surface area contributed by atoms with Crippen molar-refractivity contribution < 1.29 is 14.3 Å². The molecule has 0 spiro atoms. The number of aromatic nitrogens is 1. The summed E-state index contributed by atoms with van der Waals surface area (Å²) in [7, 11) is 1.63. The molecular weight excluding hydrogens is 440 g/mol. The number of nitrogens with one attached hydrogen (secondary N) is 1. The number of thiophene rings is 1. The van der Waals surface area contributed by atoms with E-state index in [4.69, 9.17) is 4.74 Å². The maximum atomic E-state index is 13.4. The van der Waals surface area contributed by atoms with Crippen molar-refractivity contribution >= 4 is 49.6 Å². The summed E-state index contributed by atoms with van der Waals surface area (Å²) in [6.07, 6.45) is 1.24. The smallest absolute Gasteiger partial charge is 0.268 e. The van der Waals surface area contributed by atoms with E-state index in [0.717, 1.165) is 39.1 Å². The Morgan fingerprint density at radius 1 is 1.09 bits per heavy atom. The number of thiazole rings is 1. The molecule has 0 aliphatic heterocycles. The fourth-order valence-electron chi connectivity index (χ4n) is 4.20. The summed E-state index contributed by atoms with van der Waals surface area (Å²) < 4.78 is 6.43. The number of anilines is 1. The van der Waals surface area contributed by atoms with Crippen LogP contribution in [0.15, 0.2) is 48.5 Å². The minimum Gasteiger partial charge on any atom is -0.497 e. The second kappa shape index (κ2) is 7.83. The summed E-state index contributed by atoms with van der Waals surface area (Å²) in [5, 5.41) is 4.45. The van der Waals surface area contributed by atoms with E-state index >= 15 is 0 Å². The lowest BCUT2D eigenvalue weighted by Gasteiger charge is -2.26. The number of ether oxygens (including phenoxy) is 1. The summed E-state index contributed by atoms with van der Waals surface area (Å²) in [5.74, 6) is 0.618. The Labute approximate surface area is 194 Å². The first-order valence-corrected chi connectivity index (χ1v) is 12.0. The van der Waals surface area contributed by atoms with Gasteiger partial charge in [-0.2, -0.15) is 0 Å². The zero-order valence-corrected chi connectivity index (χ0v) is 19.7. The number of nitrogens with zero attached hydrogens (tertiary/aromatic N) is 1. The maximum Gasteiger partial charge on any atom is 0.268 e. The molecule has 7 heteroatoms. The van der Waals surface area contributed by atoms with Gasteiger partial charge in [-0.1, -0.05) is 55.5 Å². The van der Waals surface area contributed by atoms with Gasteiger partial charge in [0.25, 0.3) is 5.91 Å². The fraction of sp³-hybridized carbons (Fsp3) is 0.240. The van der Waals surface area contributed by atoms with Crippen molar-refractivity contribution in [2.45, 2.75) is 26.7 Å². The van der Waals surface area contributed by atoms with E-state index in [0.29, 0.717) is 21.3 Å². The Bertz CT molecular complexity index is 1370. The molecule has 0 radical (unpaired) electrons. The first-order chi connectivity index (χ1) is 15.3. The Hall–Kier alpha value is -3.03. The number of hydrogen-bond donors (Lipinski definition) is 1. The molecular formula is C25H22N2O3S2. The summed E-state index contributed by atoms with van der Waals surface area (Å²) >= 11 is 2.73. The van der Waals surface area contributed by atoms with Crippen LogP contribution in [-0.2, 0) is 6.42 Å². The highest BCUT2D eigenvalue weighted by Crippen LogP contribution is 2.41. The van der Waals surface area contributed by atoms with E-state index in [1.54, 1.807) is 7.11 Å². The number of carbonyl (C=O) groups is 2. The Morgan fingerprint density at radius 2 is 1.91 bits per heavy atom. The van der Waals surface area contributed by atoms with Gasteiger partial charge in [0.05, 0.1) is 17.7 Å². The zero-order chi connectivity index (χ0) is 22.5. The van der Waals surface area contributed by atoms with Crippen LogP contribution in [0.4, 0.5) is 5.13 Å². The molecule has 162 valence electrons. The van der Waals surface area contributed by atoms with Crippen molar-refractivity contribution in [3.8, 4) is 16.9 Å². The van der Waals surface area contributed by atoms with Crippen LogP contribution in [0.3, 0.4) is 0 Å². The van der Waals surface area contributed by atoms with Gasteiger partial charge in [0.15, 0.2) is 10.9 Å². The molecule has 0 saturated heterocycles. The largest absolute Gasteiger partial charge is 0.497 e. The molecule has 0 atom stereocenters. The minimum absolute atomic E-state index is 0.105. The first-order valence-electron chi connectivity index (χ1n) is 10.3. The van der Waals surface area contributed by atoms with Crippen molar-refractivity contribution in [3.63, 3.8) is 0 Å². The van der Waals surface area contributed by atoms with Crippen LogP contribution in [-0.4, -0.2) is 23.8 Å². The maximum absolute atomic E-state index is 13.4. The van der Waals surface area contributed by atoms with Crippen LogP contribution in [0, 0.1) is 5.41 Å². The number of benzene rings is 2. The Kier molecular flexibility index (Phi) is 5.10. The molecule has 0 unspecified atom stereocenters. The molecule has 5 nitrogen and oxygen atoms in total. The number of Topliss-reactive ketones (excluding diaryl/α,β-unsaturated/α-hetero) is 1. The van der Waals surface area contributed by atoms with Crippen LogP contribution >= 0.6 is 22.7 Å². The van der Waals surface area contributed by atoms with Gasteiger partial charge in [-0.05, 0) is 35.6 Å². The molecule has 1 amide bonds. The third-order valence-corrected chi connectivity index (χ3v) is 7.84. The topological polar surface area (TPSA) is 68.3 Å². The average Bonchev–Trinajstić information content (AvgIpc) is 3.34. The van der Waals surface area contributed by atoms with E-state index in [-0.39, 0.29) is 17.1 Å². The molecule has 4 aromatic rings. The predicted molar refractivity (Wildman–Crippen MR) is 130 cm³/mol. The summed E-state index contributed by atoms with van der Waals surface area (Å²) in [6, 6.07) is 15.7. The monoisotopic (exact) mass is 462 g/mol. The van der Waals surface area contributed by atoms with Gasteiger partial charge >= 0.3 is 0 Å². The van der Waals surface area contributed by atoms with Crippen molar-refractivity contribution in [1.29, 1.82) is 0 Å². The summed E-state index contributed by atoms with van der Waals surface area (Å²) in [4.78, 5) is 31.8. The molecule has 1 aliphatic rings. The molecule has 0 bridgehead atoms. The van der Waals surface area contributed by atoms with Crippen molar-refractivity contribution in [3.05, 3.63) is 64.0 Å². The second-order valence-electron chi connectivity index (χ2n) is 8.72. The molecule has 2 aromatic carbocycles. The van der Waals surface area contributed by atoms with Gasteiger partial charge in [0, 0.05) is 22.1 Å². The zero-order valence-electron chi connectivity index (χ0n) is 18.0. The molecule has 32 heavy (non-hydrogen) atoms. The summed E-state index contributed by atoms with van der Waals surface area (Å²) in [6.45, 7) is 4.14. The fourth-order valence-corrected chi connectivity index (χ4v) is 6.23. The lowest BCUT2D eigenvalue weighted by molar-refractivity contribution is 0.0915. The van der Waals surface area contributed by atoms with Gasteiger partial charge in [-0.15, -0.1) is 11.3 Å². The SMILES string of the molecule is COc1cccc(-c2c(C(=O)Nc3nc4c(s3)C(=O)CC(C)(C)C4)sc3ccccc23)c1. The number of ketones is 1. The lowest BCUT2D eigenvalue weighted by atomic mass is 9.78. The first kappa shape index (κ1) is 20.8. The van der Waals surface area contributed by atoms with Crippen molar-refractivity contribution in [2.75, 3.05) is 12.4 Å². The number of hydrogen-bond acceptors (Lipinski definition) is 6. The molecule has 1 aliphatic carbocycles. The molecule has 2 heterocycles. The minimum atomic E-state index is -0.221. The highest BCUT2D eigenvalue weighted by atomic mass is 32.1.